The van der Waals surface area contributed by atoms with Crippen LogP contribution in [0, 0.1) is 11.8 Å². The molecular weight excluding hydrogens is 218 g/mol. The van der Waals surface area contributed by atoms with Gasteiger partial charge in [0.2, 0.25) is 11.8 Å². The highest BCUT2D eigenvalue weighted by Gasteiger charge is 2.28. The molecule has 0 aromatic rings. The lowest BCUT2D eigenvalue weighted by molar-refractivity contribution is -0.127. The number of nitrogens with one attached hydrogen (secondary N) is 3. The molecule has 1 unspecified atom stereocenters. The second-order valence-electron chi connectivity index (χ2n) is 4.97. The SMILES string of the molecule is CC(C)NC(=O)CCNC(=O)C(C)C1CNC1. The van der Waals surface area contributed by atoms with Gasteiger partial charge in [-0.3, -0.25) is 9.59 Å². The Bertz CT molecular complexity index is 275. The Balaban J connectivity index is 2.13. The van der Waals surface area contributed by atoms with Crippen molar-refractivity contribution in [3.05, 3.63) is 0 Å². The van der Waals surface area contributed by atoms with E-state index in [-0.39, 0.29) is 23.8 Å². The van der Waals surface area contributed by atoms with Crippen LogP contribution in [0.3, 0.4) is 0 Å². The summed E-state index contributed by atoms with van der Waals surface area (Å²) in [5.41, 5.74) is 0. The van der Waals surface area contributed by atoms with Crippen molar-refractivity contribution in [2.24, 2.45) is 11.8 Å². The minimum absolute atomic E-state index is 0.0155. The summed E-state index contributed by atoms with van der Waals surface area (Å²) in [6, 6.07) is 0.151. The van der Waals surface area contributed by atoms with E-state index in [0.717, 1.165) is 13.1 Å². The van der Waals surface area contributed by atoms with Gasteiger partial charge in [0, 0.05) is 24.9 Å². The third-order valence-electron chi connectivity index (χ3n) is 3.03. The van der Waals surface area contributed by atoms with E-state index >= 15 is 0 Å². The molecule has 0 spiro atoms. The van der Waals surface area contributed by atoms with Gasteiger partial charge in [-0.15, -0.1) is 0 Å². The first kappa shape index (κ1) is 14.0. The van der Waals surface area contributed by atoms with Crippen molar-refractivity contribution in [3.63, 3.8) is 0 Å². The summed E-state index contributed by atoms with van der Waals surface area (Å²) in [7, 11) is 0. The van der Waals surface area contributed by atoms with Gasteiger partial charge >= 0.3 is 0 Å². The minimum Gasteiger partial charge on any atom is -0.355 e. The van der Waals surface area contributed by atoms with Crippen LogP contribution in [-0.4, -0.2) is 37.5 Å². The van der Waals surface area contributed by atoms with Crippen LogP contribution in [0.1, 0.15) is 27.2 Å². The van der Waals surface area contributed by atoms with Gasteiger partial charge in [-0.05, 0) is 32.9 Å². The molecule has 1 heterocycles. The Morgan fingerprint density at radius 3 is 2.41 bits per heavy atom. The van der Waals surface area contributed by atoms with Gasteiger partial charge in [-0.1, -0.05) is 6.92 Å². The Morgan fingerprint density at radius 2 is 1.94 bits per heavy atom. The molecule has 5 nitrogen and oxygen atoms in total. The van der Waals surface area contributed by atoms with Crippen molar-refractivity contribution in [1.29, 1.82) is 0 Å². The maximum atomic E-state index is 11.7. The Morgan fingerprint density at radius 1 is 1.29 bits per heavy atom. The standard InChI is InChI=1S/C12H23N3O2/c1-8(2)15-11(16)4-5-14-12(17)9(3)10-6-13-7-10/h8-10,13H,4-7H2,1-3H3,(H,14,17)(H,15,16). The van der Waals surface area contributed by atoms with Crippen LogP contribution in [0.5, 0.6) is 0 Å². The van der Waals surface area contributed by atoms with Crippen molar-refractivity contribution in [3.8, 4) is 0 Å². The molecule has 1 fully saturated rings. The largest absolute Gasteiger partial charge is 0.355 e. The summed E-state index contributed by atoms with van der Waals surface area (Å²) < 4.78 is 0. The van der Waals surface area contributed by atoms with Gasteiger partial charge < -0.3 is 16.0 Å². The predicted octanol–water partition coefficient (Wildman–Crippen LogP) is -0.127. The third kappa shape index (κ3) is 4.73. The van der Waals surface area contributed by atoms with Crippen molar-refractivity contribution in [1.82, 2.24) is 16.0 Å². The lowest BCUT2D eigenvalue weighted by atomic mass is 9.88. The highest BCUT2D eigenvalue weighted by atomic mass is 16.2. The topological polar surface area (TPSA) is 70.2 Å². The molecule has 5 heteroatoms. The molecular formula is C12H23N3O2. The summed E-state index contributed by atoms with van der Waals surface area (Å²) >= 11 is 0. The van der Waals surface area contributed by atoms with Gasteiger partial charge in [-0.2, -0.15) is 0 Å². The van der Waals surface area contributed by atoms with Crippen LogP contribution >= 0.6 is 0 Å². The number of rotatable bonds is 6. The molecule has 0 aliphatic carbocycles. The quantitative estimate of drug-likeness (QED) is 0.607. The molecule has 1 saturated heterocycles. The number of hydrogen-bond acceptors (Lipinski definition) is 3. The summed E-state index contributed by atoms with van der Waals surface area (Å²) in [5, 5.41) is 8.75. The first-order valence-electron chi connectivity index (χ1n) is 6.28. The average molecular weight is 241 g/mol. The van der Waals surface area contributed by atoms with Crippen molar-refractivity contribution >= 4 is 11.8 Å². The van der Waals surface area contributed by atoms with E-state index in [4.69, 9.17) is 0 Å². The van der Waals surface area contributed by atoms with E-state index < -0.39 is 0 Å². The molecule has 1 aliphatic heterocycles. The second kappa shape index (κ2) is 6.59. The monoisotopic (exact) mass is 241 g/mol. The fourth-order valence-electron chi connectivity index (χ4n) is 1.73. The number of carbonyl (C=O) groups is 2. The van der Waals surface area contributed by atoms with Crippen LogP contribution in [0.15, 0.2) is 0 Å². The molecule has 1 atom stereocenters. The molecule has 0 bridgehead atoms. The van der Waals surface area contributed by atoms with Crippen LogP contribution < -0.4 is 16.0 Å². The summed E-state index contributed by atoms with van der Waals surface area (Å²) in [5.74, 6) is 0.510. The first-order valence-corrected chi connectivity index (χ1v) is 6.28. The van der Waals surface area contributed by atoms with Gasteiger partial charge in [0.25, 0.3) is 0 Å². The zero-order chi connectivity index (χ0) is 12.8. The Kier molecular flexibility index (Phi) is 5.41. The van der Waals surface area contributed by atoms with E-state index in [1.165, 1.54) is 0 Å². The minimum atomic E-state index is -0.0155. The fraction of sp³-hybridized carbons (Fsp3) is 0.833. The molecule has 17 heavy (non-hydrogen) atoms. The van der Waals surface area contributed by atoms with Crippen molar-refractivity contribution in [2.75, 3.05) is 19.6 Å². The lowest BCUT2D eigenvalue weighted by Crippen LogP contribution is -2.49. The molecule has 0 radical (unpaired) electrons. The maximum absolute atomic E-state index is 11.7. The van der Waals surface area contributed by atoms with E-state index in [9.17, 15) is 9.59 Å². The van der Waals surface area contributed by atoms with Crippen LogP contribution in [0.4, 0.5) is 0 Å². The maximum Gasteiger partial charge on any atom is 0.223 e. The Labute approximate surface area is 103 Å². The summed E-state index contributed by atoms with van der Waals surface area (Å²) in [6.45, 7) is 8.03. The average Bonchev–Trinajstić information content (AvgIpc) is 2.13. The van der Waals surface area contributed by atoms with Crippen LogP contribution in [0.2, 0.25) is 0 Å². The van der Waals surface area contributed by atoms with Gasteiger partial charge in [0.05, 0.1) is 0 Å². The zero-order valence-electron chi connectivity index (χ0n) is 10.9. The molecule has 98 valence electrons. The lowest BCUT2D eigenvalue weighted by Gasteiger charge is -2.31. The van der Waals surface area contributed by atoms with Crippen molar-refractivity contribution < 1.29 is 9.59 Å². The zero-order valence-corrected chi connectivity index (χ0v) is 10.9. The smallest absolute Gasteiger partial charge is 0.223 e. The summed E-state index contributed by atoms with van der Waals surface area (Å²) in [6.07, 6.45) is 0.347. The predicted molar refractivity (Wildman–Crippen MR) is 66.4 cm³/mol. The fourth-order valence-corrected chi connectivity index (χ4v) is 1.73. The van der Waals surface area contributed by atoms with Crippen LogP contribution in [0.25, 0.3) is 0 Å². The van der Waals surface area contributed by atoms with Gasteiger partial charge in [0.1, 0.15) is 0 Å². The highest BCUT2D eigenvalue weighted by molar-refractivity contribution is 5.80. The van der Waals surface area contributed by atoms with E-state index in [1.807, 2.05) is 20.8 Å². The molecule has 0 aromatic carbocycles. The molecule has 2 amide bonds. The van der Waals surface area contributed by atoms with Gasteiger partial charge in [0.15, 0.2) is 0 Å². The Hall–Kier alpha value is -1.10. The third-order valence-corrected chi connectivity index (χ3v) is 3.03. The number of amides is 2. The van der Waals surface area contributed by atoms with E-state index in [1.54, 1.807) is 0 Å². The van der Waals surface area contributed by atoms with E-state index in [2.05, 4.69) is 16.0 Å². The first-order chi connectivity index (χ1) is 8.00. The summed E-state index contributed by atoms with van der Waals surface area (Å²) in [4.78, 5) is 23.0. The van der Waals surface area contributed by atoms with Crippen molar-refractivity contribution in [2.45, 2.75) is 33.2 Å². The highest BCUT2D eigenvalue weighted by Crippen LogP contribution is 2.15. The molecule has 0 saturated carbocycles. The number of hydrogen-bond donors (Lipinski definition) is 3. The number of carbonyl (C=O) groups excluding carboxylic acids is 2. The molecule has 1 rings (SSSR count). The normalized spacial score (nSPS) is 17.4. The molecule has 1 aliphatic rings. The molecule has 0 aromatic heterocycles. The van der Waals surface area contributed by atoms with Crippen LogP contribution in [-0.2, 0) is 9.59 Å². The molecule has 3 N–H and O–H groups in total. The second-order valence-corrected chi connectivity index (χ2v) is 4.97. The van der Waals surface area contributed by atoms with Gasteiger partial charge in [-0.25, -0.2) is 0 Å². The van der Waals surface area contributed by atoms with E-state index in [0.29, 0.717) is 18.9 Å².